The molecule has 2 nitrogen and oxygen atoms in total. The van der Waals surface area contributed by atoms with E-state index in [0.29, 0.717) is 0 Å². The average Bonchev–Trinajstić information content (AvgIpc) is 2.30. The molecule has 1 aromatic carbocycles. The number of aromatic nitrogens is 2. The number of alkyl halides is 1. The first-order chi connectivity index (χ1) is 6.88. The van der Waals surface area contributed by atoms with E-state index in [2.05, 4.69) is 38.0 Å². The summed E-state index contributed by atoms with van der Waals surface area (Å²) in [4.78, 5) is 8.15. The summed E-state index contributed by atoms with van der Waals surface area (Å²) >= 11 is 3.61. The fourth-order valence-corrected chi connectivity index (χ4v) is 1.80. The van der Waals surface area contributed by atoms with Crippen LogP contribution in [0.1, 0.15) is 16.0 Å². The Kier molecular flexibility index (Phi) is 2.89. The molecule has 1 aromatic heterocycles. The van der Waals surface area contributed by atoms with Gasteiger partial charge in [-0.05, 0) is 5.56 Å². The molecule has 70 valence electrons. The normalized spacial score (nSPS) is 12.4. The summed E-state index contributed by atoms with van der Waals surface area (Å²) in [6.45, 7) is 0. The molecule has 0 aliphatic heterocycles. The van der Waals surface area contributed by atoms with E-state index in [1.807, 2.05) is 30.6 Å². The fraction of sp³-hybridized carbons (Fsp3) is 0.0909. The summed E-state index contributed by atoms with van der Waals surface area (Å²) in [5, 5.41) is 0. The first kappa shape index (κ1) is 9.34. The van der Waals surface area contributed by atoms with Gasteiger partial charge in [0.15, 0.2) is 0 Å². The van der Waals surface area contributed by atoms with Crippen LogP contribution in [-0.4, -0.2) is 9.97 Å². The maximum atomic E-state index is 3.99. The van der Waals surface area contributed by atoms with E-state index >= 15 is 0 Å². The van der Waals surface area contributed by atoms with E-state index < -0.39 is 0 Å². The molecule has 2 rings (SSSR count). The van der Waals surface area contributed by atoms with Crippen LogP contribution >= 0.6 is 15.9 Å². The largest absolute Gasteiger partial charge is 0.244 e. The second-order valence-electron chi connectivity index (χ2n) is 2.95. The van der Waals surface area contributed by atoms with E-state index in [1.54, 1.807) is 0 Å². The van der Waals surface area contributed by atoms with Crippen molar-refractivity contribution in [1.82, 2.24) is 9.97 Å². The maximum absolute atomic E-state index is 3.99. The van der Waals surface area contributed by atoms with Gasteiger partial charge >= 0.3 is 0 Å². The third-order valence-corrected chi connectivity index (χ3v) is 3.02. The number of hydrogen-bond donors (Lipinski definition) is 0. The van der Waals surface area contributed by atoms with Crippen LogP contribution in [0.4, 0.5) is 0 Å². The van der Waals surface area contributed by atoms with Crippen LogP contribution in [0.2, 0.25) is 0 Å². The summed E-state index contributed by atoms with van der Waals surface area (Å²) in [6, 6.07) is 10.2. The van der Waals surface area contributed by atoms with Gasteiger partial charge in [-0.1, -0.05) is 46.3 Å². The second-order valence-corrected chi connectivity index (χ2v) is 3.86. The zero-order valence-corrected chi connectivity index (χ0v) is 9.05. The van der Waals surface area contributed by atoms with Crippen molar-refractivity contribution in [1.29, 1.82) is 0 Å². The molecule has 0 saturated heterocycles. The zero-order chi connectivity index (χ0) is 9.80. The minimum Gasteiger partial charge on any atom is -0.244 e. The van der Waals surface area contributed by atoms with Crippen LogP contribution in [0.5, 0.6) is 0 Å². The molecule has 0 fully saturated rings. The first-order valence-electron chi connectivity index (χ1n) is 4.32. The molecular formula is C11H9BrN2. The second kappa shape index (κ2) is 4.33. The van der Waals surface area contributed by atoms with Gasteiger partial charge in [-0.25, -0.2) is 9.97 Å². The molecule has 14 heavy (non-hydrogen) atoms. The van der Waals surface area contributed by atoms with Crippen LogP contribution in [0, 0.1) is 0 Å². The van der Waals surface area contributed by atoms with E-state index in [-0.39, 0.29) is 4.83 Å². The highest BCUT2D eigenvalue weighted by Gasteiger charge is 2.09. The van der Waals surface area contributed by atoms with E-state index in [9.17, 15) is 0 Å². The number of rotatable bonds is 2. The smallest absolute Gasteiger partial charge is 0.115 e. The Balaban J connectivity index is 2.30. The van der Waals surface area contributed by atoms with E-state index in [0.717, 1.165) is 5.56 Å². The minimum absolute atomic E-state index is 0.171. The fourth-order valence-electron chi connectivity index (χ4n) is 1.26. The lowest BCUT2D eigenvalue weighted by atomic mass is 10.1. The van der Waals surface area contributed by atoms with Crippen molar-refractivity contribution in [3.8, 4) is 0 Å². The number of halogens is 1. The summed E-state index contributed by atoms with van der Waals surface area (Å²) in [6.07, 6.45) is 5.17. The molecule has 0 amide bonds. The van der Waals surface area contributed by atoms with Crippen molar-refractivity contribution in [2.45, 2.75) is 4.83 Å². The van der Waals surface area contributed by atoms with Gasteiger partial charge in [-0.3, -0.25) is 0 Å². The predicted molar refractivity (Wildman–Crippen MR) is 59.2 cm³/mol. The molecule has 0 spiro atoms. The molecule has 1 heterocycles. The molecular weight excluding hydrogens is 240 g/mol. The summed E-state index contributed by atoms with van der Waals surface area (Å²) in [5.41, 5.74) is 2.28. The molecule has 2 aromatic rings. The summed E-state index contributed by atoms with van der Waals surface area (Å²) in [7, 11) is 0. The quantitative estimate of drug-likeness (QED) is 0.764. The van der Waals surface area contributed by atoms with Crippen molar-refractivity contribution < 1.29 is 0 Å². The molecule has 0 bridgehead atoms. The monoisotopic (exact) mass is 248 g/mol. The lowest BCUT2D eigenvalue weighted by Gasteiger charge is -2.08. The van der Waals surface area contributed by atoms with Gasteiger partial charge < -0.3 is 0 Å². The highest BCUT2D eigenvalue weighted by molar-refractivity contribution is 9.09. The highest BCUT2D eigenvalue weighted by atomic mass is 79.9. The topological polar surface area (TPSA) is 25.8 Å². The third-order valence-electron chi connectivity index (χ3n) is 1.97. The van der Waals surface area contributed by atoms with Crippen LogP contribution in [0.3, 0.4) is 0 Å². The van der Waals surface area contributed by atoms with Crippen LogP contribution in [-0.2, 0) is 0 Å². The van der Waals surface area contributed by atoms with Gasteiger partial charge in [0.25, 0.3) is 0 Å². The van der Waals surface area contributed by atoms with Crippen LogP contribution in [0.15, 0.2) is 49.1 Å². The van der Waals surface area contributed by atoms with Gasteiger partial charge in [-0.2, -0.15) is 0 Å². The Labute approximate surface area is 91.2 Å². The molecule has 0 saturated carbocycles. The Bertz CT molecular complexity index is 349. The number of benzene rings is 1. The molecule has 0 aliphatic rings. The van der Waals surface area contributed by atoms with Gasteiger partial charge in [-0.15, -0.1) is 0 Å². The summed E-state index contributed by atoms with van der Waals surface area (Å²) in [5.74, 6) is 0. The van der Waals surface area contributed by atoms with Crippen molar-refractivity contribution in [2.24, 2.45) is 0 Å². The summed E-state index contributed by atoms with van der Waals surface area (Å²) < 4.78 is 0. The Morgan fingerprint density at radius 1 is 0.929 bits per heavy atom. The zero-order valence-electron chi connectivity index (χ0n) is 7.47. The van der Waals surface area contributed by atoms with Crippen LogP contribution in [0.25, 0.3) is 0 Å². The average molecular weight is 249 g/mol. The van der Waals surface area contributed by atoms with Crippen molar-refractivity contribution in [3.05, 3.63) is 60.2 Å². The first-order valence-corrected chi connectivity index (χ1v) is 5.23. The Morgan fingerprint density at radius 2 is 1.57 bits per heavy atom. The van der Waals surface area contributed by atoms with E-state index in [4.69, 9.17) is 0 Å². The predicted octanol–water partition coefficient (Wildman–Crippen LogP) is 2.96. The lowest BCUT2D eigenvalue weighted by Crippen LogP contribution is -1.93. The maximum Gasteiger partial charge on any atom is 0.115 e. The third kappa shape index (κ3) is 1.99. The lowest BCUT2D eigenvalue weighted by molar-refractivity contribution is 1.06. The molecule has 1 unspecified atom stereocenters. The van der Waals surface area contributed by atoms with E-state index in [1.165, 1.54) is 11.9 Å². The minimum atomic E-state index is 0.171. The number of hydrogen-bond acceptors (Lipinski definition) is 2. The van der Waals surface area contributed by atoms with Crippen molar-refractivity contribution >= 4 is 15.9 Å². The van der Waals surface area contributed by atoms with Gasteiger partial charge in [0.1, 0.15) is 6.33 Å². The molecule has 0 aliphatic carbocycles. The highest BCUT2D eigenvalue weighted by Crippen LogP contribution is 2.28. The molecule has 0 radical (unpaired) electrons. The van der Waals surface area contributed by atoms with Crippen molar-refractivity contribution in [3.63, 3.8) is 0 Å². The van der Waals surface area contributed by atoms with Gasteiger partial charge in [0.2, 0.25) is 0 Å². The number of nitrogens with zero attached hydrogens (tertiary/aromatic N) is 2. The molecule has 0 N–H and O–H groups in total. The van der Waals surface area contributed by atoms with Gasteiger partial charge in [0.05, 0.1) is 4.83 Å². The Hall–Kier alpha value is -1.22. The van der Waals surface area contributed by atoms with Crippen molar-refractivity contribution in [2.75, 3.05) is 0 Å². The van der Waals surface area contributed by atoms with Gasteiger partial charge in [0, 0.05) is 18.0 Å². The molecule has 3 heteroatoms. The standard InChI is InChI=1S/C11H9BrN2/c12-11(9-4-2-1-3-5-9)10-6-13-8-14-7-10/h1-8,11H. The molecule has 1 atom stereocenters. The SMILES string of the molecule is BrC(c1ccccc1)c1cncnc1. The van der Waals surface area contributed by atoms with Crippen LogP contribution < -0.4 is 0 Å². The Morgan fingerprint density at radius 3 is 2.21 bits per heavy atom.